The molecule has 7 heteroatoms. The Labute approximate surface area is 107 Å². The summed E-state index contributed by atoms with van der Waals surface area (Å²) in [6, 6.07) is 4.82. The molecule has 0 spiro atoms. The summed E-state index contributed by atoms with van der Waals surface area (Å²) < 4.78 is 20.1. The molecule has 0 radical (unpaired) electrons. The minimum atomic E-state index is -0.292. The van der Waals surface area contributed by atoms with Crippen molar-refractivity contribution >= 4 is 0 Å². The molecule has 2 aromatic heterocycles. The predicted molar refractivity (Wildman–Crippen MR) is 63.6 cm³/mol. The lowest BCUT2D eigenvalue weighted by Crippen LogP contribution is -2.00. The molecule has 6 nitrogen and oxygen atoms in total. The lowest BCUT2D eigenvalue weighted by Gasteiger charge is -1.97. The molecule has 3 rings (SSSR count). The first kappa shape index (κ1) is 11.5. The molecule has 0 N–H and O–H groups in total. The van der Waals surface area contributed by atoms with Crippen LogP contribution in [-0.4, -0.2) is 25.1 Å². The third-order valence-electron chi connectivity index (χ3n) is 2.67. The number of halogens is 1. The van der Waals surface area contributed by atoms with Crippen LogP contribution in [0.5, 0.6) is 0 Å². The van der Waals surface area contributed by atoms with Gasteiger partial charge in [0, 0.05) is 11.8 Å². The number of hydrogen-bond acceptors (Lipinski definition) is 5. The Morgan fingerprint density at radius 1 is 1.37 bits per heavy atom. The van der Waals surface area contributed by atoms with E-state index in [1.54, 1.807) is 36.1 Å². The van der Waals surface area contributed by atoms with Crippen LogP contribution in [0.4, 0.5) is 4.39 Å². The molecule has 0 aliphatic heterocycles. The third-order valence-corrected chi connectivity index (χ3v) is 2.67. The van der Waals surface area contributed by atoms with E-state index < -0.39 is 0 Å². The van der Waals surface area contributed by atoms with Crippen molar-refractivity contribution in [1.29, 1.82) is 0 Å². The Morgan fingerprint density at radius 3 is 3.00 bits per heavy atom. The van der Waals surface area contributed by atoms with Crippen molar-refractivity contribution in [1.82, 2.24) is 25.1 Å². The summed E-state index contributed by atoms with van der Waals surface area (Å²) >= 11 is 0. The van der Waals surface area contributed by atoms with Crippen LogP contribution in [-0.2, 0) is 6.54 Å². The van der Waals surface area contributed by atoms with Gasteiger partial charge >= 0.3 is 0 Å². The molecule has 0 saturated carbocycles. The van der Waals surface area contributed by atoms with Gasteiger partial charge in [0.15, 0.2) is 0 Å². The van der Waals surface area contributed by atoms with E-state index in [9.17, 15) is 4.39 Å². The zero-order chi connectivity index (χ0) is 13.2. The van der Waals surface area contributed by atoms with E-state index in [2.05, 4.69) is 20.5 Å². The van der Waals surface area contributed by atoms with Gasteiger partial charge in [0.1, 0.15) is 12.4 Å². The maximum atomic E-state index is 13.5. The van der Waals surface area contributed by atoms with Crippen molar-refractivity contribution in [3.63, 3.8) is 0 Å². The molecule has 3 aromatic rings. The normalized spacial score (nSPS) is 10.8. The second kappa shape index (κ2) is 4.60. The van der Waals surface area contributed by atoms with Gasteiger partial charge in [-0.05, 0) is 18.6 Å². The largest absolute Gasteiger partial charge is 0.337 e. The van der Waals surface area contributed by atoms with E-state index in [0.29, 0.717) is 29.4 Å². The first-order valence-corrected chi connectivity index (χ1v) is 5.65. The van der Waals surface area contributed by atoms with Crippen LogP contribution in [0.2, 0.25) is 0 Å². The van der Waals surface area contributed by atoms with Crippen molar-refractivity contribution in [3.05, 3.63) is 47.9 Å². The zero-order valence-electron chi connectivity index (χ0n) is 10.1. The summed E-state index contributed by atoms with van der Waals surface area (Å²) in [7, 11) is 0. The maximum absolute atomic E-state index is 13.5. The number of aryl methyl sites for hydroxylation is 1. The summed E-state index contributed by atoms with van der Waals surface area (Å²) in [5, 5.41) is 11.3. The van der Waals surface area contributed by atoms with E-state index in [1.165, 1.54) is 6.07 Å². The second-order valence-electron chi connectivity index (χ2n) is 4.08. The van der Waals surface area contributed by atoms with Crippen LogP contribution in [0, 0.1) is 12.7 Å². The molecular weight excluding hydrogens is 249 g/mol. The Hall–Kier alpha value is -2.57. The lowest BCUT2D eigenvalue weighted by atomic mass is 10.1. The van der Waals surface area contributed by atoms with Crippen LogP contribution < -0.4 is 0 Å². The first-order chi connectivity index (χ1) is 9.22. The molecule has 0 aliphatic carbocycles. The fourth-order valence-electron chi connectivity index (χ4n) is 1.62. The first-order valence-electron chi connectivity index (χ1n) is 5.65. The maximum Gasteiger partial charge on any atom is 0.248 e. The smallest absolute Gasteiger partial charge is 0.248 e. The van der Waals surface area contributed by atoms with Gasteiger partial charge in [-0.2, -0.15) is 4.98 Å². The van der Waals surface area contributed by atoms with Crippen molar-refractivity contribution in [2.45, 2.75) is 13.5 Å². The van der Waals surface area contributed by atoms with Gasteiger partial charge in [-0.1, -0.05) is 22.5 Å². The fraction of sp³-hybridized carbons (Fsp3) is 0.167. The van der Waals surface area contributed by atoms with E-state index in [4.69, 9.17) is 4.52 Å². The average molecular weight is 259 g/mol. The highest BCUT2D eigenvalue weighted by Gasteiger charge is 2.10. The molecule has 0 saturated heterocycles. The van der Waals surface area contributed by atoms with E-state index in [0.717, 1.165) is 0 Å². The molecule has 0 fully saturated rings. The van der Waals surface area contributed by atoms with Gasteiger partial charge in [0.05, 0.1) is 6.20 Å². The molecule has 0 amide bonds. The monoisotopic (exact) mass is 259 g/mol. The molecule has 19 heavy (non-hydrogen) atoms. The topological polar surface area (TPSA) is 69.6 Å². The molecule has 0 aliphatic rings. The third kappa shape index (κ3) is 2.35. The van der Waals surface area contributed by atoms with E-state index >= 15 is 0 Å². The zero-order valence-corrected chi connectivity index (χ0v) is 10.1. The molecule has 0 bridgehead atoms. The highest BCUT2D eigenvalue weighted by Crippen LogP contribution is 2.19. The number of benzene rings is 1. The lowest BCUT2D eigenvalue weighted by molar-refractivity contribution is 0.364. The average Bonchev–Trinajstić information content (AvgIpc) is 3.05. The molecule has 96 valence electrons. The van der Waals surface area contributed by atoms with Gasteiger partial charge in [-0.25, -0.2) is 9.07 Å². The molecule has 2 heterocycles. The van der Waals surface area contributed by atoms with Crippen molar-refractivity contribution < 1.29 is 8.91 Å². The molecule has 0 unspecified atom stereocenters. The predicted octanol–water partition coefficient (Wildman–Crippen LogP) is 1.82. The molecular formula is C12H10FN5O. The highest BCUT2D eigenvalue weighted by molar-refractivity contribution is 5.54. The Bertz CT molecular complexity index is 692. The minimum absolute atomic E-state index is 0.292. The Kier molecular flexibility index (Phi) is 2.79. The van der Waals surface area contributed by atoms with Gasteiger partial charge in [-0.3, -0.25) is 0 Å². The van der Waals surface area contributed by atoms with E-state index in [-0.39, 0.29) is 5.82 Å². The van der Waals surface area contributed by atoms with Crippen molar-refractivity contribution in [2.24, 2.45) is 0 Å². The van der Waals surface area contributed by atoms with Gasteiger partial charge in [0.25, 0.3) is 0 Å². The summed E-state index contributed by atoms with van der Waals surface area (Å²) in [5.41, 5.74) is 1.16. The number of hydrogen-bond donors (Lipinski definition) is 0. The van der Waals surface area contributed by atoms with Crippen LogP contribution >= 0.6 is 0 Å². The number of nitrogens with zero attached hydrogens (tertiary/aromatic N) is 5. The highest BCUT2D eigenvalue weighted by atomic mass is 19.1. The van der Waals surface area contributed by atoms with Gasteiger partial charge in [0.2, 0.25) is 11.7 Å². The quantitative estimate of drug-likeness (QED) is 0.717. The van der Waals surface area contributed by atoms with Crippen molar-refractivity contribution in [2.75, 3.05) is 0 Å². The minimum Gasteiger partial charge on any atom is -0.337 e. The summed E-state index contributed by atoms with van der Waals surface area (Å²) in [5.74, 6) is 0.454. The molecule has 0 atom stereocenters. The number of aromatic nitrogens is 5. The second-order valence-corrected chi connectivity index (χ2v) is 4.08. The van der Waals surface area contributed by atoms with Crippen LogP contribution in [0.15, 0.2) is 35.1 Å². The van der Waals surface area contributed by atoms with Gasteiger partial charge < -0.3 is 4.52 Å². The standard InChI is InChI=1S/C12H10FN5O/c1-8-2-3-9(6-10(8)13)12-15-11(19-16-12)7-18-5-4-14-17-18/h2-6H,7H2,1H3. The number of rotatable bonds is 3. The van der Waals surface area contributed by atoms with Crippen LogP contribution in [0.3, 0.4) is 0 Å². The van der Waals surface area contributed by atoms with Crippen molar-refractivity contribution in [3.8, 4) is 11.4 Å². The van der Waals surface area contributed by atoms with E-state index in [1.807, 2.05) is 0 Å². The summed E-state index contributed by atoms with van der Waals surface area (Å²) in [6.07, 6.45) is 3.25. The van der Waals surface area contributed by atoms with Crippen LogP contribution in [0.1, 0.15) is 11.5 Å². The van der Waals surface area contributed by atoms with Gasteiger partial charge in [-0.15, -0.1) is 5.10 Å². The Morgan fingerprint density at radius 2 is 2.26 bits per heavy atom. The molecule has 1 aromatic carbocycles. The SMILES string of the molecule is Cc1ccc(-c2noc(Cn3ccnn3)n2)cc1F. The van der Waals surface area contributed by atoms with Crippen LogP contribution in [0.25, 0.3) is 11.4 Å². The summed E-state index contributed by atoms with van der Waals surface area (Å²) in [6.45, 7) is 2.03. The fourth-order valence-corrected chi connectivity index (χ4v) is 1.62. The summed E-state index contributed by atoms with van der Waals surface area (Å²) in [4.78, 5) is 4.19. The Balaban J connectivity index is 1.86.